The fourth-order valence-electron chi connectivity index (χ4n) is 2.53. The molecule has 0 N–H and O–H groups in total. The number of aromatic nitrogens is 1. The molecule has 94 valence electrons. The quantitative estimate of drug-likeness (QED) is 0.784. The molecule has 0 aliphatic carbocycles. The van der Waals surface area contributed by atoms with Crippen LogP contribution in [0.4, 0.5) is 0 Å². The summed E-state index contributed by atoms with van der Waals surface area (Å²) in [5.41, 5.74) is 1.14. The average Bonchev–Trinajstić information content (AvgIpc) is 2.30. The van der Waals surface area contributed by atoms with Crippen molar-refractivity contribution >= 4 is 0 Å². The van der Waals surface area contributed by atoms with Gasteiger partial charge in [-0.2, -0.15) is 0 Å². The summed E-state index contributed by atoms with van der Waals surface area (Å²) in [6.45, 7) is 6.33. The highest BCUT2D eigenvalue weighted by atomic mass is 16.1. The molecule has 1 aromatic rings. The average molecular weight is 234 g/mol. The molecule has 3 nitrogen and oxygen atoms in total. The van der Waals surface area contributed by atoms with E-state index in [0.29, 0.717) is 12.0 Å². The van der Waals surface area contributed by atoms with Gasteiger partial charge >= 0.3 is 0 Å². The lowest BCUT2D eigenvalue weighted by Crippen LogP contribution is -2.36. The summed E-state index contributed by atoms with van der Waals surface area (Å²) in [4.78, 5) is 14.7. The molecule has 0 unspecified atom stereocenters. The first-order valence-corrected chi connectivity index (χ1v) is 6.49. The molecule has 0 amide bonds. The van der Waals surface area contributed by atoms with Gasteiger partial charge < -0.3 is 9.47 Å². The zero-order chi connectivity index (χ0) is 12.4. The van der Waals surface area contributed by atoms with Crippen molar-refractivity contribution in [1.82, 2.24) is 9.47 Å². The van der Waals surface area contributed by atoms with E-state index in [1.807, 2.05) is 22.9 Å². The Balaban J connectivity index is 2.27. The van der Waals surface area contributed by atoms with Gasteiger partial charge in [0, 0.05) is 17.8 Å². The second kappa shape index (κ2) is 5.05. The summed E-state index contributed by atoms with van der Waals surface area (Å²) in [6, 6.07) is 4.35. The predicted molar refractivity (Wildman–Crippen MR) is 70.6 cm³/mol. The van der Waals surface area contributed by atoms with E-state index < -0.39 is 0 Å². The van der Waals surface area contributed by atoms with E-state index in [0.717, 1.165) is 31.5 Å². The van der Waals surface area contributed by atoms with Crippen LogP contribution in [-0.2, 0) is 0 Å². The number of likely N-dealkylation sites (tertiary alicyclic amines) is 1. The summed E-state index contributed by atoms with van der Waals surface area (Å²) in [5.74, 6) is 0.307. The maximum absolute atomic E-state index is 12.3. The number of hydrogen-bond donors (Lipinski definition) is 0. The number of pyridine rings is 1. The van der Waals surface area contributed by atoms with Crippen LogP contribution in [0, 0.1) is 0 Å². The molecule has 2 heterocycles. The second-order valence-electron chi connectivity index (χ2n) is 5.37. The van der Waals surface area contributed by atoms with E-state index >= 15 is 0 Å². The lowest BCUT2D eigenvalue weighted by atomic mass is 10.0. The van der Waals surface area contributed by atoms with Gasteiger partial charge in [-0.25, -0.2) is 0 Å². The lowest BCUT2D eigenvalue weighted by molar-refractivity contribution is 0.218. The number of piperidine rings is 1. The van der Waals surface area contributed by atoms with Gasteiger partial charge in [-0.15, -0.1) is 0 Å². The normalized spacial score (nSPS) is 18.8. The maximum Gasteiger partial charge on any atom is 0.254 e. The molecule has 1 aromatic heterocycles. The molecular weight excluding hydrogens is 212 g/mol. The Morgan fingerprint density at radius 2 is 1.94 bits per heavy atom. The molecule has 17 heavy (non-hydrogen) atoms. The van der Waals surface area contributed by atoms with Crippen LogP contribution in [0.1, 0.15) is 44.2 Å². The van der Waals surface area contributed by atoms with Crippen LogP contribution in [0.2, 0.25) is 0 Å². The van der Waals surface area contributed by atoms with Crippen LogP contribution in [0.5, 0.6) is 0 Å². The molecular formula is C14H22N2O. The molecule has 1 saturated heterocycles. The highest BCUT2D eigenvalue weighted by molar-refractivity contribution is 5.14. The van der Waals surface area contributed by atoms with Crippen molar-refractivity contribution in [2.75, 3.05) is 20.1 Å². The predicted octanol–water partition coefficient (Wildman–Crippen LogP) is 2.24. The number of rotatable bonds is 2. The minimum atomic E-state index is 0.206. The molecule has 1 fully saturated rings. The molecule has 3 heteroatoms. The lowest BCUT2D eigenvalue weighted by Gasteiger charge is -2.30. The summed E-state index contributed by atoms with van der Waals surface area (Å²) in [6.07, 6.45) is 4.11. The van der Waals surface area contributed by atoms with E-state index in [1.165, 1.54) is 0 Å². The van der Waals surface area contributed by atoms with Gasteiger partial charge in [-0.1, -0.05) is 19.9 Å². The van der Waals surface area contributed by atoms with E-state index in [2.05, 4.69) is 25.8 Å². The van der Waals surface area contributed by atoms with Crippen molar-refractivity contribution in [1.29, 1.82) is 0 Å². The Bertz CT molecular complexity index is 428. The third kappa shape index (κ3) is 2.60. The van der Waals surface area contributed by atoms with E-state index in [-0.39, 0.29) is 5.56 Å². The van der Waals surface area contributed by atoms with Crippen molar-refractivity contribution in [3.8, 4) is 0 Å². The van der Waals surface area contributed by atoms with Crippen LogP contribution in [-0.4, -0.2) is 29.6 Å². The third-order valence-electron chi connectivity index (χ3n) is 3.71. The van der Waals surface area contributed by atoms with Crippen molar-refractivity contribution < 1.29 is 0 Å². The second-order valence-corrected chi connectivity index (χ2v) is 5.37. The van der Waals surface area contributed by atoms with Crippen LogP contribution < -0.4 is 5.56 Å². The van der Waals surface area contributed by atoms with Crippen LogP contribution in [0.3, 0.4) is 0 Å². The molecule has 0 saturated carbocycles. The zero-order valence-corrected chi connectivity index (χ0v) is 11.0. The molecule has 1 aliphatic heterocycles. The highest BCUT2D eigenvalue weighted by Gasteiger charge is 2.19. The topological polar surface area (TPSA) is 25.2 Å². The Morgan fingerprint density at radius 1 is 1.29 bits per heavy atom. The minimum absolute atomic E-state index is 0.206. The molecule has 2 rings (SSSR count). The Kier molecular flexibility index (Phi) is 3.67. The first-order chi connectivity index (χ1) is 8.09. The third-order valence-corrected chi connectivity index (χ3v) is 3.71. The van der Waals surface area contributed by atoms with E-state index in [1.54, 1.807) is 0 Å². The smallest absolute Gasteiger partial charge is 0.254 e. The number of nitrogens with zero attached hydrogens (tertiary/aromatic N) is 2. The van der Waals surface area contributed by atoms with Crippen molar-refractivity contribution in [3.05, 3.63) is 34.2 Å². The SMILES string of the molecule is CC(C)c1cccn(C2CCN(C)CC2)c1=O. The molecule has 0 spiro atoms. The molecule has 0 aromatic carbocycles. The minimum Gasteiger partial charge on any atom is -0.312 e. The molecule has 0 bridgehead atoms. The Labute approximate surface area is 103 Å². The first-order valence-electron chi connectivity index (χ1n) is 6.49. The first kappa shape index (κ1) is 12.4. The van der Waals surface area contributed by atoms with Crippen LogP contribution in [0.25, 0.3) is 0 Å². The monoisotopic (exact) mass is 234 g/mol. The molecule has 1 aliphatic rings. The van der Waals surface area contributed by atoms with E-state index in [9.17, 15) is 4.79 Å². The fraction of sp³-hybridized carbons (Fsp3) is 0.643. The van der Waals surface area contributed by atoms with Gasteiger partial charge in [-0.05, 0) is 45.0 Å². The summed E-state index contributed by atoms with van der Waals surface area (Å²) < 4.78 is 1.95. The summed E-state index contributed by atoms with van der Waals surface area (Å²) in [7, 11) is 2.14. The number of hydrogen-bond acceptors (Lipinski definition) is 2. The molecule has 0 atom stereocenters. The zero-order valence-electron chi connectivity index (χ0n) is 11.0. The maximum atomic E-state index is 12.3. The van der Waals surface area contributed by atoms with Gasteiger partial charge in [0.05, 0.1) is 0 Å². The van der Waals surface area contributed by atoms with Gasteiger partial charge in [0.25, 0.3) is 5.56 Å². The largest absolute Gasteiger partial charge is 0.312 e. The van der Waals surface area contributed by atoms with Crippen molar-refractivity contribution in [2.24, 2.45) is 0 Å². The van der Waals surface area contributed by atoms with Gasteiger partial charge in [0.15, 0.2) is 0 Å². The van der Waals surface area contributed by atoms with Gasteiger partial charge in [0.2, 0.25) is 0 Å². The highest BCUT2D eigenvalue weighted by Crippen LogP contribution is 2.20. The van der Waals surface area contributed by atoms with Crippen molar-refractivity contribution in [2.45, 2.75) is 38.6 Å². The van der Waals surface area contributed by atoms with Crippen LogP contribution in [0.15, 0.2) is 23.1 Å². The van der Waals surface area contributed by atoms with E-state index in [4.69, 9.17) is 0 Å². The Morgan fingerprint density at radius 3 is 2.53 bits per heavy atom. The summed E-state index contributed by atoms with van der Waals surface area (Å²) >= 11 is 0. The molecule has 0 radical (unpaired) electrons. The van der Waals surface area contributed by atoms with Crippen LogP contribution >= 0.6 is 0 Å². The van der Waals surface area contributed by atoms with Gasteiger partial charge in [0.1, 0.15) is 0 Å². The summed E-state index contributed by atoms with van der Waals surface area (Å²) in [5, 5.41) is 0. The van der Waals surface area contributed by atoms with Gasteiger partial charge in [-0.3, -0.25) is 4.79 Å². The van der Waals surface area contributed by atoms with Crippen molar-refractivity contribution in [3.63, 3.8) is 0 Å². The fourth-order valence-corrected chi connectivity index (χ4v) is 2.53. The Hall–Kier alpha value is -1.09. The standard InChI is InChI=1S/C14H22N2O/c1-11(2)13-5-4-8-16(14(13)17)12-6-9-15(3)10-7-12/h4-5,8,11-12H,6-7,9-10H2,1-3H3.